The number of azo groups is 1. The van der Waals surface area contributed by atoms with Gasteiger partial charge < -0.3 is 15.4 Å². The lowest BCUT2D eigenvalue weighted by molar-refractivity contribution is 0.362. The molecule has 2 heterocycles. The van der Waals surface area contributed by atoms with Crippen LogP contribution in [0, 0.1) is 12.3 Å². The number of nitrogens with two attached hydrogens (primary N) is 1. The standard InChI is InChI=1S/C16H19N5O/c1-8-5-10-9(2)7-16(3,4)21-13(10)11(6-8)12(14(21)22)19-20-15(17)18/h5-7,22H,1-4H3,(H3,17,18). The summed E-state index contributed by atoms with van der Waals surface area (Å²) >= 11 is 0. The molecule has 0 saturated heterocycles. The molecule has 3 rings (SSSR count). The van der Waals surface area contributed by atoms with E-state index in [2.05, 4.69) is 29.3 Å². The molecular weight excluding hydrogens is 278 g/mol. The lowest BCUT2D eigenvalue weighted by atomic mass is 9.91. The number of nitrogens with one attached hydrogen (secondary N) is 1. The molecule has 0 saturated carbocycles. The molecule has 0 bridgehead atoms. The minimum Gasteiger partial charge on any atom is -0.493 e. The molecule has 6 nitrogen and oxygen atoms in total. The Balaban J connectivity index is 2.46. The molecule has 0 aliphatic carbocycles. The van der Waals surface area contributed by atoms with Crippen molar-refractivity contribution in [2.24, 2.45) is 16.0 Å². The molecule has 2 aromatic rings. The third kappa shape index (κ3) is 1.91. The van der Waals surface area contributed by atoms with Crippen molar-refractivity contribution in [2.45, 2.75) is 33.2 Å². The highest BCUT2D eigenvalue weighted by Crippen LogP contribution is 2.48. The van der Waals surface area contributed by atoms with Crippen LogP contribution in [0.2, 0.25) is 0 Å². The Kier molecular flexibility index (Phi) is 2.88. The van der Waals surface area contributed by atoms with Gasteiger partial charge in [0.15, 0.2) is 5.69 Å². The first-order valence-electron chi connectivity index (χ1n) is 7.06. The summed E-state index contributed by atoms with van der Waals surface area (Å²) in [5.74, 6) is -0.350. The van der Waals surface area contributed by atoms with Crippen LogP contribution in [0.5, 0.6) is 5.88 Å². The fourth-order valence-corrected chi connectivity index (χ4v) is 3.27. The zero-order valence-electron chi connectivity index (χ0n) is 13.1. The van der Waals surface area contributed by atoms with Gasteiger partial charge in [-0.25, -0.2) is 0 Å². The Labute approximate surface area is 128 Å². The number of guanidine groups is 1. The van der Waals surface area contributed by atoms with Crippen LogP contribution < -0.4 is 5.73 Å². The van der Waals surface area contributed by atoms with Gasteiger partial charge in [0.1, 0.15) is 0 Å². The van der Waals surface area contributed by atoms with E-state index in [1.807, 2.05) is 31.4 Å². The molecule has 0 amide bonds. The first-order valence-corrected chi connectivity index (χ1v) is 7.06. The topological polar surface area (TPSA) is 99.7 Å². The quantitative estimate of drug-likeness (QED) is 0.424. The minimum absolute atomic E-state index is 0.0422. The van der Waals surface area contributed by atoms with E-state index in [4.69, 9.17) is 11.1 Å². The maximum absolute atomic E-state index is 10.7. The van der Waals surface area contributed by atoms with Gasteiger partial charge in [-0.05, 0) is 51.0 Å². The van der Waals surface area contributed by atoms with Crippen LogP contribution in [0.15, 0.2) is 28.4 Å². The lowest BCUT2D eigenvalue weighted by Crippen LogP contribution is -2.26. The molecule has 0 spiro atoms. The number of aromatic hydroxyl groups is 1. The maximum atomic E-state index is 10.7. The van der Waals surface area contributed by atoms with Crippen molar-refractivity contribution >= 4 is 28.1 Å². The van der Waals surface area contributed by atoms with E-state index in [0.29, 0.717) is 5.69 Å². The van der Waals surface area contributed by atoms with E-state index in [1.165, 1.54) is 5.57 Å². The van der Waals surface area contributed by atoms with E-state index in [1.54, 1.807) is 0 Å². The van der Waals surface area contributed by atoms with Crippen molar-refractivity contribution in [1.82, 2.24) is 4.57 Å². The largest absolute Gasteiger partial charge is 0.493 e. The van der Waals surface area contributed by atoms with Gasteiger partial charge in [-0.3, -0.25) is 5.41 Å². The van der Waals surface area contributed by atoms with E-state index in [0.717, 1.165) is 22.0 Å². The normalized spacial score (nSPS) is 16.3. The third-order valence-corrected chi connectivity index (χ3v) is 3.99. The number of aryl methyl sites for hydroxylation is 1. The summed E-state index contributed by atoms with van der Waals surface area (Å²) in [5, 5.41) is 26.3. The van der Waals surface area contributed by atoms with E-state index in [-0.39, 0.29) is 11.4 Å². The second-order valence-corrected chi connectivity index (χ2v) is 6.28. The van der Waals surface area contributed by atoms with Gasteiger partial charge in [-0.15, -0.1) is 10.2 Å². The predicted molar refractivity (Wildman–Crippen MR) is 87.7 cm³/mol. The molecule has 0 atom stereocenters. The molecule has 4 N–H and O–H groups in total. The minimum atomic E-state index is -0.392. The number of hydrogen-bond acceptors (Lipinski definition) is 3. The molecule has 22 heavy (non-hydrogen) atoms. The first kappa shape index (κ1) is 14.3. The Morgan fingerprint density at radius 1 is 1.32 bits per heavy atom. The maximum Gasteiger partial charge on any atom is 0.232 e. The van der Waals surface area contributed by atoms with Gasteiger partial charge in [-0.2, -0.15) is 0 Å². The van der Waals surface area contributed by atoms with Crippen molar-refractivity contribution in [3.63, 3.8) is 0 Å². The predicted octanol–water partition coefficient (Wildman–Crippen LogP) is 3.78. The van der Waals surface area contributed by atoms with Crippen molar-refractivity contribution in [1.29, 1.82) is 5.41 Å². The molecule has 1 aromatic heterocycles. The summed E-state index contributed by atoms with van der Waals surface area (Å²) in [6.45, 7) is 8.14. The number of allylic oxidation sites excluding steroid dienone is 2. The first-order chi connectivity index (χ1) is 10.2. The third-order valence-electron chi connectivity index (χ3n) is 3.99. The van der Waals surface area contributed by atoms with Crippen LogP contribution in [0.4, 0.5) is 5.69 Å². The zero-order valence-corrected chi connectivity index (χ0v) is 13.1. The average molecular weight is 297 g/mol. The van der Waals surface area contributed by atoms with Crippen molar-refractivity contribution in [2.75, 3.05) is 0 Å². The molecule has 6 heteroatoms. The van der Waals surface area contributed by atoms with Crippen molar-refractivity contribution in [3.8, 4) is 5.88 Å². The van der Waals surface area contributed by atoms with Gasteiger partial charge in [0.05, 0.1) is 11.1 Å². The van der Waals surface area contributed by atoms with Gasteiger partial charge >= 0.3 is 0 Å². The Bertz CT molecular complexity index is 871. The Morgan fingerprint density at radius 2 is 2.00 bits per heavy atom. The Morgan fingerprint density at radius 3 is 2.64 bits per heavy atom. The summed E-state index contributed by atoms with van der Waals surface area (Å²) in [6.07, 6.45) is 2.12. The summed E-state index contributed by atoms with van der Waals surface area (Å²) in [7, 11) is 0. The van der Waals surface area contributed by atoms with Gasteiger partial charge in [0.2, 0.25) is 11.8 Å². The van der Waals surface area contributed by atoms with Crippen molar-refractivity contribution < 1.29 is 5.11 Å². The molecule has 0 fully saturated rings. The van der Waals surface area contributed by atoms with E-state index >= 15 is 0 Å². The SMILES string of the molecule is CC1=CC(C)(C)n2c(O)c(N=NC(=N)N)c3cc(C)cc1c32. The molecule has 0 radical (unpaired) electrons. The molecule has 0 unspecified atom stereocenters. The summed E-state index contributed by atoms with van der Waals surface area (Å²) in [6, 6.07) is 4.07. The van der Waals surface area contributed by atoms with Gasteiger partial charge in [0, 0.05) is 10.9 Å². The number of benzene rings is 1. The molecule has 1 aromatic carbocycles. The fourth-order valence-electron chi connectivity index (χ4n) is 3.27. The smallest absolute Gasteiger partial charge is 0.232 e. The highest BCUT2D eigenvalue weighted by molar-refractivity contribution is 6.03. The van der Waals surface area contributed by atoms with E-state index < -0.39 is 5.96 Å². The fraction of sp³-hybridized carbons (Fsp3) is 0.312. The molecule has 114 valence electrons. The summed E-state index contributed by atoms with van der Waals surface area (Å²) in [4.78, 5) is 0. The number of hydrogen-bond donors (Lipinski definition) is 3. The highest BCUT2D eigenvalue weighted by atomic mass is 16.3. The summed E-state index contributed by atoms with van der Waals surface area (Å²) < 4.78 is 1.86. The molecule has 1 aliphatic heterocycles. The molecule has 1 aliphatic rings. The van der Waals surface area contributed by atoms with Crippen molar-refractivity contribution in [3.05, 3.63) is 29.3 Å². The average Bonchev–Trinajstić information content (AvgIpc) is 2.66. The monoisotopic (exact) mass is 297 g/mol. The number of nitrogens with zero attached hydrogens (tertiary/aromatic N) is 3. The number of aromatic nitrogens is 1. The second kappa shape index (κ2) is 4.43. The Hall–Kier alpha value is -2.63. The van der Waals surface area contributed by atoms with Crippen LogP contribution in [0.1, 0.15) is 31.9 Å². The summed E-state index contributed by atoms with van der Waals surface area (Å²) in [5.41, 5.74) is 9.48. The highest BCUT2D eigenvalue weighted by Gasteiger charge is 2.32. The second-order valence-electron chi connectivity index (χ2n) is 6.28. The van der Waals surface area contributed by atoms with Gasteiger partial charge in [-0.1, -0.05) is 6.08 Å². The number of rotatable bonds is 1. The van der Waals surface area contributed by atoms with Crippen LogP contribution in [-0.4, -0.2) is 15.6 Å². The van der Waals surface area contributed by atoms with Crippen LogP contribution in [0.3, 0.4) is 0 Å². The van der Waals surface area contributed by atoms with Crippen LogP contribution in [-0.2, 0) is 5.54 Å². The lowest BCUT2D eigenvalue weighted by Gasteiger charge is -2.31. The van der Waals surface area contributed by atoms with Crippen LogP contribution >= 0.6 is 0 Å². The molecular formula is C16H19N5O. The van der Waals surface area contributed by atoms with Gasteiger partial charge in [0.25, 0.3) is 0 Å². The zero-order chi connectivity index (χ0) is 16.2. The van der Waals surface area contributed by atoms with E-state index in [9.17, 15) is 5.11 Å². The van der Waals surface area contributed by atoms with Crippen LogP contribution in [0.25, 0.3) is 16.5 Å².